The number of rotatable bonds is 5. The van der Waals surface area contributed by atoms with Crippen LogP contribution in [0.25, 0.3) is 10.8 Å². The fourth-order valence-electron chi connectivity index (χ4n) is 2.10. The fraction of sp³-hybridized carbons (Fsp3) is 0.214. The second-order valence-corrected chi connectivity index (χ2v) is 6.54. The van der Waals surface area contributed by atoms with Crippen molar-refractivity contribution in [3.05, 3.63) is 36.4 Å². The van der Waals surface area contributed by atoms with Gasteiger partial charge in [0.05, 0.1) is 4.99 Å². The fourth-order valence-corrected chi connectivity index (χ4v) is 2.90. The summed E-state index contributed by atoms with van der Waals surface area (Å²) in [6, 6.07) is 10.1. The van der Waals surface area contributed by atoms with Gasteiger partial charge in [0.25, 0.3) is 10.1 Å². The first-order valence-electron chi connectivity index (χ1n) is 6.37. The molecule has 0 bridgehead atoms. The minimum atomic E-state index is -4.24. The van der Waals surface area contributed by atoms with Gasteiger partial charge in [0.2, 0.25) is 0 Å². The molecule has 2 aromatic rings. The molecule has 0 atom stereocenters. The normalized spacial score (nSPS) is 11.3. The predicted octanol–water partition coefficient (Wildman–Crippen LogP) is 2.44. The Labute approximate surface area is 129 Å². The van der Waals surface area contributed by atoms with Crippen molar-refractivity contribution in [2.75, 3.05) is 18.4 Å². The molecule has 112 valence electrons. The number of hydrogen-bond donors (Lipinski definition) is 3. The van der Waals surface area contributed by atoms with Crippen molar-refractivity contribution in [3.63, 3.8) is 0 Å². The van der Waals surface area contributed by atoms with E-state index < -0.39 is 10.1 Å². The highest BCUT2D eigenvalue weighted by atomic mass is 32.2. The van der Waals surface area contributed by atoms with Crippen LogP contribution in [0.2, 0.25) is 0 Å². The Morgan fingerprint density at radius 1 is 1.14 bits per heavy atom. The minimum absolute atomic E-state index is 0.0866. The first kappa shape index (κ1) is 15.7. The summed E-state index contributed by atoms with van der Waals surface area (Å²) in [6.45, 7) is 3.12. The van der Waals surface area contributed by atoms with E-state index in [0.717, 1.165) is 16.1 Å². The molecule has 5 nitrogen and oxygen atoms in total. The van der Waals surface area contributed by atoms with Crippen LogP contribution >= 0.6 is 12.2 Å². The van der Waals surface area contributed by atoms with Crippen molar-refractivity contribution in [1.82, 2.24) is 5.32 Å². The summed E-state index contributed by atoms with van der Waals surface area (Å²) in [5.74, 6) is 0. The predicted molar refractivity (Wildman–Crippen MR) is 88.5 cm³/mol. The average molecular weight is 324 g/mol. The molecular weight excluding hydrogens is 308 g/mol. The highest BCUT2D eigenvalue weighted by molar-refractivity contribution is 7.86. The van der Waals surface area contributed by atoms with Gasteiger partial charge in [-0.25, -0.2) is 0 Å². The molecule has 0 saturated carbocycles. The third kappa shape index (κ3) is 3.90. The van der Waals surface area contributed by atoms with Crippen LogP contribution in [0.5, 0.6) is 0 Å². The lowest BCUT2D eigenvalue weighted by Gasteiger charge is -2.12. The summed E-state index contributed by atoms with van der Waals surface area (Å²) < 4.78 is 32.1. The van der Waals surface area contributed by atoms with Gasteiger partial charge in [0.1, 0.15) is 4.90 Å². The van der Waals surface area contributed by atoms with Crippen LogP contribution < -0.4 is 10.6 Å². The molecule has 0 saturated heterocycles. The van der Waals surface area contributed by atoms with Crippen LogP contribution in [0.1, 0.15) is 6.92 Å². The summed E-state index contributed by atoms with van der Waals surface area (Å²) in [5, 5.41) is 7.49. The van der Waals surface area contributed by atoms with Crippen LogP contribution in [-0.2, 0) is 10.1 Å². The molecule has 0 fully saturated rings. The molecule has 3 N–H and O–H groups in total. The second-order valence-electron chi connectivity index (χ2n) is 4.54. The summed E-state index contributed by atoms with van der Waals surface area (Å²) in [5.41, 5.74) is 0.807. The summed E-state index contributed by atoms with van der Waals surface area (Å²) in [7, 11) is -4.24. The molecule has 0 amide bonds. The number of anilines is 1. The molecule has 0 aromatic heterocycles. The van der Waals surface area contributed by atoms with Gasteiger partial charge in [-0.2, -0.15) is 8.42 Å². The van der Waals surface area contributed by atoms with Gasteiger partial charge in [-0.05, 0) is 19.1 Å². The summed E-state index contributed by atoms with van der Waals surface area (Å²) in [4.78, 5) is 0.639. The van der Waals surface area contributed by atoms with Crippen molar-refractivity contribution in [2.24, 2.45) is 0 Å². The van der Waals surface area contributed by atoms with E-state index in [9.17, 15) is 13.0 Å². The molecule has 0 radical (unpaired) electrons. The smallest absolute Gasteiger partial charge is 0.295 e. The van der Waals surface area contributed by atoms with Crippen LogP contribution in [0.3, 0.4) is 0 Å². The topological polar surface area (TPSA) is 78.4 Å². The van der Waals surface area contributed by atoms with E-state index in [1.807, 2.05) is 19.1 Å². The van der Waals surface area contributed by atoms with E-state index in [1.54, 1.807) is 18.2 Å². The maximum absolute atomic E-state index is 11.4. The maximum atomic E-state index is 11.4. The van der Waals surface area contributed by atoms with Crippen LogP contribution in [-0.4, -0.2) is 31.0 Å². The van der Waals surface area contributed by atoms with Gasteiger partial charge in [-0.3, -0.25) is 4.55 Å². The Morgan fingerprint density at radius 3 is 2.48 bits per heavy atom. The second kappa shape index (κ2) is 6.38. The van der Waals surface area contributed by atoms with E-state index in [-0.39, 0.29) is 4.90 Å². The molecule has 0 unspecified atom stereocenters. The maximum Gasteiger partial charge on any atom is 0.295 e. The Bertz CT molecular complexity index is 773. The number of nitrogens with one attached hydrogen (secondary N) is 2. The quantitative estimate of drug-likeness (QED) is 0.445. The van der Waals surface area contributed by atoms with Gasteiger partial charge >= 0.3 is 0 Å². The Morgan fingerprint density at radius 2 is 1.81 bits per heavy atom. The molecule has 0 spiro atoms. The van der Waals surface area contributed by atoms with Gasteiger partial charge < -0.3 is 10.6 Å². The third-order valence-corrected chi connectivity index (χ3v) is 4.03. The largest absolute Gasteiger partial charge is 0.383 e. The lowest BCUT2D eigenvalue weighted by molar-refractivity contribution is 0.484. The zero-order valence-electron chi connectivity index (χ0n) is 11.5. The molecule has 2 rings (SSSR count). The SMILES string of the molecule is CC(=S)NCCNc1cccc2c(S(=O)(=O)O)cccc12. The minimum Gasteiger partial charge on any atom is -0.383 e. The standard InChI is InChI=1S/C14H16N2O3S2/c1-10(20)15-8-9-16-13-6-2-5-12-11(13)4-3-7-14(12)21(17,18)19/h2-7,16H,8-9H2,1H3,(H,15,20)(H,17,18,19). The molecule has 0 heterocycles. The lowest BCUT2D eigenvalue weighted by Crippen LogP contribution is -2.25. The Kier molecular flexibility index (Phi) is 4.76. The zero-order valence-corrected chi connectivity index (χ0v) is 13.1. The van der Waals surface area contributed by atoms with Crippen molar-refractivity contribution < 1.29 is 13.0 Å². The van der Waals surface area contributed by atoms with E-state index in [2.05, 4.69) is 10.6 Å². The highest BCUT2D eigenvalue weighted by Gasteiger charge is 2.14. The van der Waals surface area contributed by atoms with Gasteiger partial charge in [-0.15, -0.1) is 0 Å². The number of hydrogen-bond acceptors (Lipinski definition) is 4. The third-order valence-electron chi connectivity index (χ3n) is 2.97. The van der Waals surface area contributed by atoms with Crippen molar-refractivity contribution in [3.8, 4) is 0 Å². The van der Waals surface area contributed by atoms with Crippen LogP contribution in [0.15, 0.2) is 41.3 Å². The molecule has 21 heavy (non-hydrogen) atoms. The van der Waals surface area contributed by atoms with E-state index in [4.69, 9.17) is 12.2 Å². The molecule has 2 aromatic carbocycles. The molecular formula is C14H16N2O3S2. The van der Waals surface area contributed by atoms with Crippen LogP contribution in [0, 0.1) is 0 Å². The number of thiocarbonyl (C=S) groups is 1. The Hall–Kier alpha value is -1.70. The van der Waals surface area contributed by atoms with Gasteiger partial charge in [0.15, 0.2) is 0 Å². The van der Waals surface area contributed by atoms with E-state index in [1.165, 1.54) is 6.07 Å². The van der Waals surface area contributed by atoms with E-state index >= 15 is 0 Å². The van der Waals surface area contributed by atoms with Crippen molar-refractivity contribution in [2.45, 2.75) is 11.8 Å². The average Bonchev–Trinajstić information content (AvgIpc) is 2.41. The van der Waals surface area contributed by atoms with E-state index in [0.29, 0.717) is 18.5 Å². The number of fused-ring (bicyclic) bond motifs is 1. The molecule has 0 aliphatic carbocycles. The van der Waals surface area contributed by atoms with Gasteiger partial charge in [-0.1, -0.05) is 36.5 Å². The summed E-state index contributed by atoms with van der Waals surface area (Å²) >= 11 is 4.93. The highest BCUT2D eigenvalue weighted by Crippen LogP contribution is 2.28. The molecule has 0 aliphatic rings. The monoisotopic (exact) mass is 324 g/mol. The number of benzene rings is 2. The van der Waals surface area contributed by atoms with Crippen molar-refractivity contribution in [1.29, 1.82) is 0 Å². The zero-order chi connectivity index (χ0) is 15.5. The van der Waals surface area contributed by atoms with Crippen molar-refractivity contribution >= 4 is 43.8 Å². The first-order chi connectivity index (χ1) is 9.89. The van der Waals surface area contributed by atoms with Crippen LogP contribution in [0.4, 0.5) is 5.69 Å². The lowest BCUT2D eigenvalue weighted by atomic mass is 10.1. The Balaban J connectivity index is 2.32. The first-order valence-corrected chi connectivity index (χ1v) is 8.22. The molecule has 0 aliphatic heterocycles. The summed E-state index contributed by atoms with van der Waals surface area (Å²) in [6.07, 6.45) is 0. The molecule has 7 heteroatoms. The van der Waals surface area contributed by atoms with Gasteiger partial charge in [0, 0.05) is 29.5 Å².